The SMILES string of the molecule is [CH2]CC(C)(C)C(=O)[C]1OC2CC3C1CC2C3(Cl)Cl. The van der Waals surface area contributed by atoms with E-state index in [0.717, 1.165) is 12.8 Å². The number of ether oxygens (including phenoxy) is 1. The van der Waals surface area contributed by atoms with Gasteiger partial charge >= 0.3 is 0 Å². The summed E-state index contributed by atoms with van der Waals surface area (Å²) < 4.78 is 5.19. The fourth-order valence-corrected chi connectivity index (χ4v) is 4.55. The quantitative estimate of drug-likeness (QED) is 0.742. The highest BCUT2D eigenvalue weighted by Gasteiger charge is 2.69. The zero-order chi connectivity index (χ0) is 13.3. The molecular formula is C14H18Cl2O2. The van der Waals surface area contributed by atoms with E-state index in [4.69, 9.17) is 27.9 Å². The van der Waals surface area contributed by atoms with Gasteiger partial charge in [-0.1, -0.05) is 20.8 Å². The molecule has 0 aromatic rings. The Kier molecular flexibility index (Phi) is 2.83. The maximum absolute atomic E-state index is 12.5. The number of halogens is 2. The smallest absolute Gasteiger partial charge is 0.173 e. The van der Waals surface area contributed by atoms with Crippen molar-refractivity contribution in [3.05, 3.63) is 13.0 Å². The van der Waals surface area contributed by atoms with Crippen LogP contribution in [-0.4, -0.2) is 16.2 Å². The van der Waals surface area contributed by atoms with E-state index in [1.54, 1.807) is 0 Å². The molecule has 2 aliphatic carbocycles. The third-order valence-corrected chi connectivity index (χ3v) is 6.12. The number of carbonyl (C=O) groups is 1. The van der Waals surface area contributed by atoms with E-state index in [-0.39, 0.29) is 29.6 Å². The van der Waals surface area contributed by atoms with Gasteiger partial charge in [-0.2, -0.15) is 0 Å². The van der Waals surface area contributed by atoms with Crippen LogP contribution >= 0.6 is 23.2 Å². The Morgan fingerprint density at radius 1 is 1.44 bits per heavy atom. The molecule has 100 valence electrons. The standard InChI is InChI=1S/C14H18Cl2O2/c1-4-13(2,3)12(17)11-7-5-9-10(18-11)6-8(7)14(9,15)16/h7-10H,1,4-6H2,2-3H3. The summed E-state index contributed by atoms with van der Waals surface area (Å²) in [6.07, 6.45) is 3.01. The topological polar surface area (TPSA) is 26.3 Å². The first-order chi connectivity index (χ1) is 8.29. The molecule has 2 saturated heterocycles. The Labute approximate surface area is 118 Å². The predicted octanol–water partition coefficient (Wildman–Crippen LogP) is 3.57. The molecule has 18 heavy (non-hydrogen) atoms. The van der Waals surface area contributed by atoms with Crippen LogP contribution in [0.25, 0.3) is 0 Å². The van der Waals surface area contributed by atoms with Gasteiger partial charge in [-0.05, 0) is 19.3 Å². The van der Waals surface area contributed by atoms with Gasteiger partial charge in [-0.15, -0.1) is 23.2 Å². The second kappa shape index (κ2) is 3.86. The zero-order valence-electron chi connectivity index (χ0n) is 10.7. The van der Waals surface area contributed by atoms with Crippen LogP contribution in [0.15, 0.2) is 0 Å². The molecule has 4 aliphatic rings. The lowest BCUT2D eigenvalue weighted by molar-refractivity contribution is -0.144. The molecule has 0 aromatic carbocycles. The fourth-order valence-electron chi connectivity index (χ4n) is 3.61. The highest BCUT2D eigenvalue weighted by molar-refractivity contribution is 6.49. The molecule has 2 saturated carbocycles. The van der Waals surface area contributed by atoms with Crippen molar-refractivity contribution in [2.24, 2.45) is 23.2 Å². The second-order valence-corrected chi connectivity index (χ2v) is 7.89. The summed E-state index contributed by atoms with van der Waals surface area (Å²) >= 11 is 12.9. The third-order valence-electron chi connectivity index (χ3n) is 5.00. The van der Waals surface area contributed by atoms with Crippen LogP contribution in [-0.2, 0) is 9.53 Å². The first kappa shape index (κ1) is 13.2. The largest absolute Gasteiger partial charge is 0.360 e. The average molecular weight is 289 g/mol. The normalized spacial score (nSPS) is 41.6. The molecule has 2 radical (unpaired) electrons. The number of carbonyl (C=O) groups excluding carboxylic acids is 1. The Morgan fingerprint density at radius 3 is 2.56 bits per heavy atom. The number of alkyl halides is 2. The van der Waals surface area contributed by atoms with Gasteiger partial charge in [0, 0.05) is 23.2 Å². The lowest BCUT2D eigenvalue weighted by Crippen LogP contribution is -2.45. The Morgan fingerprint density at radius 2 is 2.11 bits per heavy atom. The average Bonchev–Trinajstić information content (AvgIpc) is 2.71. The number of ketones is 1. The minimum atomic E-state index is -0.702. The van der Waals surface area contributed by atoms with Crippen molar-refractivity contribution in [3.63, 3.8) is 0 Å². The summed E-state index contributed by atoms with van der Waals surface area (Å²) in [7, 11) is 0. The molecule has 2 heterocycles. The predicted molar refractivity (Wildman–Crippen MR) is 71.0 cm³/mol. The number of hydrogen-bond acceptors (Lipinski definition) is 2. The van der Waals surface area contributed by atoms with E-state index in [1.807, 2.05) is 13.8 Å². The fraction of sp³-hybridized carbons (Fsp3) is 0.786. The van der Waals surface area contributed by atoms with Crippen molar-refractivity contribution >= 4 is 29.0 Å². The van der Waals surface area contributed by atoms with Gasteiger partial charge < -0.3 is 4.74 Å². The molecule has 2 aliphatic heterocycles. The van der Waals surface area contributed by atoms with Gasteiger partial charge in [0.15, 0.2) is 11.9 Å². The van der Waals surface area contributed by atoms with E-state index in [2.05, 4.69) is 6.92 Å². The molecule has 0 N–H and O–H groups in total. The number of fused-ring (bicyclic) bond motifs is 1. The number of hydrogen-bond donors (Lipinski definition) is 0. The lowest BCUT2D eigenvalue weighted by atomic mass is 9.72. The van der Waals surface area contributed by atoms with E-state index in [9.17, 15) is 4.79 Å². The lowest BCUT2D eigenvalue weighted by Gasteiger charge is -2.42. The summed E-state index contributed by atoms with van der Waals surface area (Å²) in [6.45, 7) is 7.68. The minimum Gasteiger partial charge on any atom is -0.360 e. The molecule has 0 aromatic heterocycles. The maximum Gasteiger partial charge on any atom is 0.173 e. The van der Waals surface area contributed by atoms with Gasteiger partial charge in [-0.25, -0.2) is 0 Å². The summed E-state index contributed by atoms with van der Waals surface area (Å²) in [4.78, 5) is 12.5. The van der Waals surface area contributed by atoms with Gasteiger partial charge in [0.1, 0.15) is 4.33 Å². The van der Waals surface area contributed by atoms with Gasteiger partial charge in [-0.3, -0.25) is 4.79 Å². The monoisotopic (exact) mass is 288 g/mol. The van der Waals surface area contributed by atoms with Gasteiger partial charge in [0.2, 0.25) is 0 Å². The van der Waals surface area contributed by atoms with E-state index in [1.165, 1.54) is 0 Å². The van der Waals surface area contributed by atoms with Crippen LogP contribution in [0.1, 0.15) is 33.1 Å². The van der Waals surface area contributed by atoms with Crippen molar-refractivity contribution in [1.29, 1.82) is 0 Å². The first-order valence-electron chi connectivity index (χ1n) is 6.54. The second-order valence-electron chi connectivity index (χ2n) is 6.45. The molecule has 4 unspecified atom stereocenters. The molecule has 4 bridgehead atoms. The molecule has 0 spiro atoms. The summed E-state index contributed by atoms with van der Waals surface area (Å²) in [5.74, 6) is 0.578. The molecule has 4 fully saturated rings. The van der Waals surface area contributed by atoms with Crippen molar-refractivity contribution in [3.8, 4) is 0 Å². The van der Waals surface area contributed by atoms with E-state index >= 15 is 0 Å². The van der Waals surface area contributed by atoms with Gasteiger partial charge in [0.25, 0.3) is 0 Å². The Bertz CT molecular complexity index is 391. The van der Waals surface area contributed by atoms with E-state index < -0.39 is 9.75 Å². The zero-order valence-corrected chi connectivity index (χ0v) is 12.2. The Hall–Kier alpha value is 0.210. The third kappa shape index (κ3) is 1.55. The summed E-state index contributed by atoms with van der Waals surface area (Å²) in [5.41, 5.74) is -0.460. The highest BCUT2D eigenvalue weighted by Crippen LogP contribution is 2.67. The van der Waals surface area contributed by atoms with Crippen LogP contribution < -0.4 is 0 Å². The molecule has 2 nitrogen and oxygen atoms in total. The van der Waals surface area contributed by atoms with Crippen LogP contribution in [0.3, 0.4) is 0 Å². The number of Topliss-reactive ketones (excluding diaryl/α,β-unsaturated/α-hetero) is 1. The van der Waals surface area contributed by atoms with Gasteiger partial charge in [0.05, 0.1) is 6.10 Å². The molecule has 4 heteroatoms. The van der Waals surface area contributed by atoms with E-state index in [0.29, 0.717) is 12.5 Å². The van der Waals surface area contributed by atoms with Crippen molar-refractivity contribution in [1.82, 2.24) is 0 Å². The molecule has 4 atom stereocenters. The number of rotatable bonds is 3. The van der Waals surface area contributed by atoms with Crippen LogP contribution in [0.5, 0.6) is 0 Å². The highest BCUT2D eigenvalue weighted by atomic mass is 35.5. The van der Waals surface area contributed by atoms with Crippen molar-refractivity contribution in [2.45, 2.75) is 43.5 Å². The molecule has 0 amide bonds. The van der Waals surface area contributed by atoms with Crippen LogP contribution in [0, 0.1) is 36.2 Å². The minimum absolute atomic E-state index is 0.0366. The summed E-state index contributed by atoms with van der Waals surface area (Å²) in [6, 6.07) is 0. The van der Waals surface area contributed by atoms with Crippen molar-refractivity contribution < 1.29 is 9.53 Å². The molecule has 4 rings (SSSR count). The maximum atomic E-state index is 12.5. The Balaban J connectivity index is 1.86. The molecular weight excluding hydrogens is 271 g/mol. The first-order valence-corrected chi connectivity index (χ1v) is 7.30. The van der Waals surface area contributed by atoms with Crippen LogP contribution in [0.2, 0.25) is 0 Å². The van der Waals surface area contributed by atoms with Crippen molar-refractivity contribution in [2.75, 3.05) is 0 Å². The van der Waals surface area contributed by atoms with Crippen LogP contribution in [0.4, 0.5) is 0 Å². The summed E-state index contributed by atoms with van der Waals surface area (Å²) in [5, 5.41) is 0.